The lowest BCUT2D eigenvalue weighted by molar-refractivity contribution is -0.121. The Balaban J connectivity index is 1.67. The van der Waals surface area contributed by atoms with E-state index in [9.17, 15) is 14.4 Å². The minimum absolute atomic E-state index is 0.0958. The molecule has 0 aliphatic rings. The van der Waals surface area contributed by atoms with E-state index in [0.717, 1.165) is 16.7 Å². The molecule has 1 amide bonds. The van der Waals surface area contributed by atoms with Crippen LogP contribution < -0.4 is 16.6 Å². The summed E-state index contributed by atoms with van der Waals surface area (Å²) < 4.78 is 1.16. The van der Waals surface area contributed by atoms with Crippen LogP contribution in [0.3, 0.4) is 0 Å². The van der Waals surface area contributed by atoms with Crippen molar-refractivity contribution in [2.75, 3.05) is 12.3 Å². The molecule has 0 bridgehead atoms. The van der Waals surface area contributed by atoms with Crippen molar-refractivity contribution in [1.82, 2.24) is 14.9 Å². The highest BCUT2D eigenvalue weighted by Crippen LogP contribution is 2.17. The third kappa shape index (κ3) is 5.25. The van der Waals surface area contributed by atoms with Crippen LogP contribution in [-0.2, 0) is 11.3 Å². The largest absolute Gasteiger partial charge is 0.355 e. The zero-order valence-corrected chi connectivity index (χ0v) is 12.8. The molecule has 1 aromatic carbocycles. The quantitative estimate of drug-likeness (QED) is 0.585. The Bertz CT molecular complexity index is 725. The molecule has 22 heavy (non-hydrogen) atoms. The van der Waals surface area contributed by atoms with E-state index in [2.05, 4.69) is 10.3 Å². The number of amides is 1. The maximum atomic E-state index is 11.7. The highest BCUT2D eigenvalue weighted by molar-refractivity contribution is 7.99. The number of carbonyl (C=O) groups is 1. The molecule has 0 radical (unpaired) electrons. The number of thioether (sulfide) groups is 1. The lowest BCUT2D eigenvalue weighted by atomic mass is 10.4. The summed E-state index contributed by atoms with van der Waals surface area (Å²) in [6.45, 7) is 0.457. The molecule has 0 atom stereocenters. The molecular weight excluding hydrogens is 302 g/mol. The van der Waals surface area contributed by atoms with Crippen molar-refractivity contribution in [3.05, 3.63) is 63.4 Å². The van der Waals surface area contributed by atoms with E-state index < -0.39 is 11.2 Å². The summed E-state index contributed by atoms with van der Waals surface area (Å²) in [4.78, 5) is 37.4. The highest BCUT2D eigenvalue weighted by Gasteiger charge is 2.04. The summed E-state index contributed by atoms with van der Waals surface area (Å²) in [6.07, 6.45) is 2.15. The van der Waals surface area contributed by atoms with Gasteiger partial charge in [-0.05, 0) is 24.3 Å². The smallest absolute Gasteiger partial charge is 0.328 e. The van der Waals surface area contributed by atoms with Gasteiger partial charge in [-0.1, -0.05) is 18.2 Å². The number of carbonyl (C=O) groups excluding carboxylic acids is 1. The minimum Gasteiger partial charge on any atom is -0.355 e. The van der Waals surface area contributed by atoms with Crippen molar-refractivity contribution in [3.63, 3.8) is 0 Å². The normalized spacial score (nSPS) is 10.4. The predicted molar refractivity (Wildman–Crippen MR) is 86.1 cm³/mol. The summed E-state index contributed by atoms with van der Waals surface area (Å²) in [5, 5.41) is 2.76. The molecule has 0 saturated heterocycles. The number of aromatic nitrogens is 2. The first-order chi connectivity index (χ1) is 10.6. The zero-order valence-electron chi connectivity index (χ0n) is 12.0. The average Bonchev–Trinajstić information content (AvgIpc) is 2.51. The van der Waals surface area contributed by atoms with E-state index in [0.29, 0.717) is 6.54 Å². The van der Waals surface area contributed by atoms with Crippen molar-refractivity contribution in [1.29, 1.82) is 0 Å². The second-order valence-electron chi connectivity index (χ2n) is 4.60. The van der Waals surface area contributed by atoms with Crippen LogP contribution in [0.5, 0.6) is 0 Å². The topological polar surface area (TPSA) is 84.0 Å². The standard InChI is InChI=1S/C15H17N3O3S/c19-13-7-9-18(15(21)17-13)11-14(20)16-8-4-10-22-12-5-2-1-3-6-12/h1-3,5-7,9H,4,8,10-11H2,(H,16,20)(H,17,19,21). The van der Waals surface area contributed by atoms with Crippen molar-refractivity contribution in [2.24, 2.45) is 0 Å². The third-order valence-electron chi connectivity index (χ3n) is 2.87. The van der Waals surface area contributed by atoms with Gasteiger partial charge >= 0.3 is 5.69 Å². The van der Waals surface area contributed by atoms with Gasteiger partial charge in [-0.15, -0.1) is 11.8 Å². The van der Waals surface area contributed by atoms with Gasteiger partial charge in [-0.3, -0.25) is 19.1 Å². The summed E-state index contributed by atoms with van der Waals surface area (Å²) in [7, 11) is 0. The maximum Gasteiger partial charge on any atom is 0.328 e. The third-order valence-corrected chi connectivity index (χ3v) is 3.96. The van der Waals surface area contributed by atoms with Crippen molar-refractivity contribution in [3.8, 4) is 0 Å². The fourth-order valence-corrected chi connectivity index (χ4v) is 2.66. The number of hydrogen-bond donors (Lipinski definition) is 2. The fourth-order valence-electron chi connectivity index (χ4n) is 1.79. The van der Waals surface area contributed by atoms with E-state index in [1.807, 2.05) is 30.3 Å². The Labute approximate surface area is 131 Å². The fraction of sp³-hybridized carbons (Fsp3) is 0.267. The monoisotopic (exact) mass is 319 g/mol. The van der Waals surface area contributed by atoms with Crippen LogP contribution in [0.4, 0.5) is 0 Å². The van der Waals surface area contributed by atoms with Gasteiger partial charge in [0.05, 0.1) is 0 Å². The molecule has 2 aromatic rings. The van der Waals surface area contributed by atoms with E-state index in [4.69, 9.17) is 0 Å². The summed E-state index contributed by atoms with van der Waals surface area (Å²) >= 11 is 1.73. The molecule has 0 aliphatic carbocycles. The van der Waals surface area contributed by atoms with Crippen LogP contribution in [0.1, 0.15) is 6.42 Å². The van der Waals surface area contributed by atoms with Crippen LogP contribution in [0, 0.1) is 0 Å². The number of H-pyrrole nitrogens is 1. The Morgan fingerprint density at radius 1 is 1.18 bits per heavy atom. The summed E-state index contributed by atoms with van der Waals surface area (Å²) in [5.74, 6) is 0.655. The molecule has 0 spiro atoms. The molecule has 7 heteroatoms. The Kier molecular flexibility index (Phi) is 6.02. The molecule has 2 N–H and O–H groups in total. The van der Waals surface area contributed by atoms with Crippen LogP contribution in [0.25, 0.3) is 0 Å². The molecule has 116 valence electrons. The number of aromatic amines is 1. The van der Waals surface area contributed by atoms with Gasteiger partial charge in [-0.25, -0.2) is 4.79 Å². The lowest BCUT2D eigenvalue weighted by Gasteiger charge is -2.06. The first-order valence-corrected chi connectivity index (χ1v) is 7.88. The predicted octanol–water partition coefficient (Wildman–Crippen LogP) is 0.835. The second-order valence-corrected chi connectivity index (χ2v) is 5.77. The average molecular weight is 319 g/mol. The number of nitrogens with zero attached hydrogens (tertiary/aromatic N) is 1. The van der Waals surface area contributed by atoms with Gasteiger partial charge in [0.25, 0.3) is 5.56 Å². The highest BCUT2D eigenvalue weighted by atomic mass is 32.2. The lowest BCUT2D eigenvalue weighted by Crippen LogP contribution is -2.35. The molecule has 1 aromatic heterocycles. The molecule has 0 aliphatic heterocycles. The maximum absolute atomic E-state index is 11.7. The van der Waals surface area contributed by atoms with Crippen LogP contribution in [-0.4, -0.2) is 27.8 Å². The Hall–Kier alpha value is -2.28. The SMILES string of the molecule is O=C(Cn1ccc(=O)[nH]c1=O)NCCCSc1ccccc1. The van der Waals surface area contributed by atoms with Gasteiger partial charge in [0.2, 0.25) is 5.91 Å². The van der Waals surface area contributed by atoms with Gasteiger partial charge < -0.3 is 5.32 Å². The minimum atomic E-state index is -0.581. The van der Waals surface area contributed by atoms with E-state index in [1.54, 1.807) is 11.8 Å². The van der Waals surface area contributed by atoms with Crippen LogP contribution in [0.2, 0.25) is 0 Å². The van der Waals surface area contributed by atoms with Crippen LogP contribution in [0.15, 0.2) is 57.1 Å². The first-order valence-electron chi connectivity index (χ1n) is 6.89. The summed E-state index contributed by atoms with van der Waals surface area (Å²) in [5.41, 5.74) is -1.05. The number of rotatable bonds is 7. The molecular formula is C15H17N3O3S. The first kappa shape index (κ1) is 16.1. The van der Waals surface area contributed by atoms with Crippen molar-refractivity contribution >= 4 is 17.7 Å². The van der Waals surface area contributed by atoms with E-state index >= 15 is 0 Å². The van der Waals surface area contributed by atoms with Crippen molar-refractivity contribution < 1.29 is 4.79 Å². The Morgan fingerprint density at radius 3 is 2.68 bits per heavy atom. The number of nitrogens with one attached hydrogen (secondary N) is 2. The van der Waals surface area contributed by atoms with Gasteiger partial charge in [0.15, 0.2) is 0 Å². The molecule has 0 fully saturated rings. The van der Waals surface area contributed by atoms with Crippen LogP contribution >= 0.6 is 11.8 Å². The molecule has 6 nitrogen and oxygen atoms in total. The second kappa shape index (κ2) is 8.23. The molecule has 0 saturated carbocycles. The number of benzene rings is 1. The molecule has 0 unspecified atom stereocenters. The molecule has 2 rings (SSSR count). The molecule has 1 heterocycles. The van der Waals surface area contributed by atoms with Gasteiger partial charge in [0, 0.05) is 23.7 Å². The Morgan fingerprint density at radius 2 is 1.95 bits per heavy atom. The van der Waals surface area contributed by atoms with Crippen molar-refractivity contribution in [2.45, 2.75) is 17.9 Å². The van der Waals surface area contributed by atoms with Gasteiger partial charge in [-0.2, -0.15) is 0 Å². The summed E-state index contributed by atoms with van der Waals surface area (Å²) in [6, 6.07) is 11.3. The van der Waals surface area contributed by atoms with E-state index in [1.165, 1.54) is 17.2 Å². The zero-order chi connectivity index (χ0) is 15.8. The van der Waals surface area contributed by atoms with E-state index in [-0.39, 0.29) is 12.5 Å². The van der Waals surface area contributed by atoms with Gasteiger partial charge in [0.1, 0.15) is 6.54 Å². The number of hydrogen-bond acceptors (Lipinski definition) is 4.